The second-order valence-corrected chi connectivity index (χ2v) is 6.35. The van der Waals surface area contributed by atoms with Crippen molar-refractivity contribution in [1.29, 1.82) is 0 Å². The van der Waals surface area contributed by atoms with Gasteiger partial charge in [0.05, 0.1) is 0 Å². The lowest BCUT2D eigenvalue weighted by Crippen LogP contribution is -2.37. The second-order valence-electron chi connectivity index (χ2n) is 6.35. The molecular formula is C16H26N4O3. The monoisotopic (exact) mass is 322 g/mol. The maximum absolute atomic E-state index is 12.2. The number of hydrogen-bond donors (Lipinski definition) is 1. The van der Waals surface area contributed by atoms with E-state index in [0.717, 1.165) is 6.42 Å². The van der Waals surface area contributed by atoms with Gasteiger partial charge in [0.2, 0.25) is 11.7 Å². The summed E-state index contributed by atoms with van der Waals surface area (Å²) in [5.41, 5.74) is 0. The van der Waals surface area contributed by atoms with Crippen LogP contribution in [0.1, 0.15) is 57.7 Å². The summed E-state index contributed by atoms with van der Waals surface area (Å²) in [5, 5.41) is 13.9. The zero-order valence-electron chi connectivity index (χ0n) is 14.0. The number of imidazole rings is 1. The Morgan fingerprint density at radius 3 is 2.96 bits per heavy atom. The molecule has 2 unspecified atom stereocenters. The van der Waals surface area contributed by atoms with Gasteiger partial charge in [-0.15, -0.1) is 0 Å². The van der Waals surface area contributed by atoms with E-state index < -0.39 is 4.92 Å². The molecule has 1 amide bonds. The number of nitrogens with zero attached hydrogens (tertiary/aromatic N) is 3. The Hall–Kier alpha value is -1.92. The lowest BCUT2D eigenvalue weighted by Gasteiger charge is -2.21. The first-order valence-corrected chi connectivity index (χ1v) is 8.48. The van der Waals surface area contributed by atoms with E-state index in [1.54, 1.807) is 11.5 Å². The van der Waals surface area contributed by atoms with Crippen molar-refractivity contribution in [1.82, 2.24) is 14.9 Å². The normalized spacial score (nSPS) is 20.6. The van der Waals surface area contributed by atoms with Crippen LogP contribution in [0.3, 0.4) is 0 Å². The molecule has 0 spiro atoms. The Balaban J connectivity index is 1.82. The molecule has 1 aliphatic carbocycles. The first-order chi connectivity index (χ1) is 11.0. The van der Waals surface area contributed by atoms with Gasteiger partial charge in [-0.05, 0) is 35.1 Å². The highest BCUT2D eigenvalue weighted by Crippen LogP contribution is 2.29. The van der Waals surface area contributed by atoms with E-state index in [2.05, 4.69) is 17.2 Å². The van der Waals surface area contributed by atoms with Crippen molar-refractivity contribution in [3.63, 3.8) is 0 Å². The van der Waals surface area contributed by atoms with Crippen LogP contribution >= 0.6 is 0 Å². The average molecular weight is 322 g/mol. The van der Waals surface area contributed by atoms with Gasteiger partial charge in [-0.2, -0.15) is 0 Å². The number of carbonyl (C=O) groups is 1. The molecular weight excluding hydrogens is 296 g/mol. The highest BCUT2D eigenvalue weighted by atomic mass is 16.6. The van der Waals surface area contributed by atoms with Gasteiger partial charge in [-0.3, -0.25) is 4.79 Å². The Morgan fingerprint density at radius 2 is 2.30 bits per heavy atom. The average Bonchev–Trinajstić information content (AvgIpc) is 3.09. The van der Waals surface area contributed by atoms with Crippen LogP contribution < -0.4 is 5.32 Å². The molecule has 1 fully saturated rings. The van der Waals surface area contributed by atoms with Crippen molar-refractivity contribution in [3.05, 3.63) is 22.1 Å². The van der Waals surface area contributed by atoms with Gasteiger partial charge in [0, 0.05) is 25.9 Å². The molecule has 2 rings (SSSR count). The third-order valence-electron chi connectivity index (χ3n) is 4.66. The fourth-order valence-corrected chi connectivity index (χ4v) is 3.35. The number of nitrogens with one attached hydrogen (secondary N) is 1. The van der Waals surface area contributed by atoms with Gasteiger partial charge >= 0.3 is 5.82 Å². The van der Waals surface area contributed by atoms with Gasteiger partial charge in [0.25, 0.3) is 0 Å². The fourth-order valence-electron chi connectivity index (χ4n) is 3.35. The van der Waals surface area contributed by atoms with Crippen molar-refractivity contribution in [2.75, 3.05) is 0 Å². The number of unbranched alkanes of at least 4 members (excludes halogenated alkanes) is 1. The van der Waals surface area contributed by atoms with Gasteiger partial charge in [0.15, 0.2) is 0 Å². The maximum Gasteiger partial charge on any atom is 0.381 e. The topological polar surface area (TPSA) is 90.1 Å². The Kier molecular flexibility index (Phi) is 6.12. The van der Waals surface area contributed by atoms with E-state index in [9.17, 15) is 14.9 Å². The molecule has 23 heavy (non-hydrogen) atoms. The minimum absolute atomic E-state index is 0.0224. The van der Waals surface area contributed by atoms with Crippen molar-refractivity contribution in [2.24, 2.45) is 5.92 Å². The molecule has 7 heteroatoms. The molecule has 1 saturated carbocycles. The summed E-state index contributed by atoms with van der Waals surface area (Å²) in [6, 6.07) is 0.298. The molecule has 128 valence electrons. The van der Waals surface area contributed by atoms with E-state index in [-0.39, 0.29) is 11.7 Å². The molecule has 1 aromatic heterocycles. The van der Waals surface area contributed by atoms with Crippen molar-refractivity contribution in [2.45, 2.75) is 71.4 Å². The quantitative estimate of drug-likeness (QED) is 0.588. The summed E-state index contributed by atoms with van der Waals surface area (Å²) in [6.07, 6.45) is 8.77. The zero-order valence-corrected chi connectivity index (χ0v) is 14.0. The number of nitro groups is 1. The number of hydrogen-bond acceptors (Lipinski definition) is 4. The SMILES string of the molecule is CCCCC1CCCC1NC(=O)CCn1cc([N+](=O)[O-])nc1C. The number of rotatable bonds is 8. The molecule has 0 aromatic carbocycles. The molecule has 1 N–H and O–H groups in total. The summed E-state index contributed by atoms with van der Waals surface area (Å²) >= 11 is 0. The van der Waals surface area contributed by atoms with Crippen molar-refractivity contribution >= 4 is 11.7 Å². The molecule has 7 nitrogen and oxygen atoms in total. The van der Waals surface area contributed by atoms with E-state index in [0.29, 0.717) is 30.7 Å². The molecule has 0 saturated heterocycles. The largest absolute Gasteiger partial charge is 0.381 e. The molecule has 0 bridgehead atoms. The highest BCUT2D eigenvalue weighted by molar-refractivity contribution is 5.76. The summed E-state index contributed by atoms with van der Waals surface area (Å²) in [6.45, 7) is 4.32. The highest BCUT2D eigenvalue weighted by Gasteiger charge is 2.27. The van der Waals surface area contributed by atoms with Crippen LogP contribution in [0.25, 0.3) is 0 Å². The Bertz CT molecular complexity index is 556. The molecule has 0 aliphatic heterocycles. The summed E-state index contributed by atoms with van der Waals surface area (Å²) in [7, 11) is 0. The molecule has 1 aliphatic rings. The zero-order chi connectivity index (χ0) is 16.8. The lowest BCUT2D eigenvalue weighted by molar-refractivity contribution is -0.389. The van der Waals surface area contributed by atoms with Crippen LogP contribution in [-0.2, 0) is 11.3 Å². The van der Waals surface area contributed by atoms with Gasteiger partial charge in [0.1, 0.15) is 6.20 Å². The van der Waals surface area contributed by atoms with Crippen LogP contribution in [0.4, 0.5) is 5.82 Å². The number of aryl methyl sites for hydroxylation is 2. The maximum atomic E-state index is 12.2. The van der Waals surface area contributed by atoms with E-state index in [1.807, 2.05) is 0 Å². The van der Waals surface area contributed by atoms with Gasteiger partial charge < -0.3 is 20.0 Å². The first-order valence-electron chi connectivity index (χ1n) is 8.48. The number of amides is 1. The molecule has 1 aromatic rings. The summed E-state index contributed by atoms with van der Waals surface area (Å²) in [5.74, 6) is 1.02. The minimum Gasteiger partial charge on any atom is -0.358 e. The lowest BCUT2D eigenvalue weighted by atomic mass is 9.97. The third-order valence-corrected chi connectivity index (χ3v) is 4.66. The van der Waals surface area contributed by atoms with Crippen LogP contribution in [0, 0.1) is 23.0 Å². The number of carbonyl (C=O) groups excluding carboxylic acids is 1. The summed E-state index contributed by atoms with van der Waals surface area (Å²) < 4.78 is 1.67. The standard InChI is InChI=1S/C16H26N4O3/c1-3-4-6-13-7-5-8-14(13)18-16(21)9-10-19-11-15(20(22)23)17-12(19)2/h11,13-14H,3-10H2,1-2H3,(H,18,21). The smallest absolute Gasteiger partial charge is 0.358 e. The van der Waals surface area contributed by atoms with Gasteiger partial charge in [-0.1, -0.05) is 26.2 Å². The van der Waals surface area contributed by atoms with Crippen LogP contribution in [-0.4, -0.2) is 26.4 Å². The van der Waals surface area contributed by atoms with Crippen LogP contribution in [0.15, 0.2) is 6.20 Å². The van der Waals surface area contributed by atoms with E-state index in [4.69, 9.17) is 0 Å². The molecule has 0 radical (unpaired) electrons. The van der Waals surface area contributed by atoms with E-state index >= 15 is 0 Å². The molecule has 1 heterocycles. The minimum atomic E-state index is -0.513. The Labute approximate surface area is 136 Å². The van der Waals surface area contributed by atoms with Crippen molar-refractivity contribution < 1.29 is 9.72 Å². The number of aromatic nitrogens is 2. The van der Waals surface area contributed by atoms with Crippen LogP contribution in [0.5, 0.6) is 0 Å². The predicted molar refractivity (Wildman–Crippen MR) is 87.0 cm³/mol. The molecule has 2 atom stereocenters. The second kappa shape index (κ2) is 8.08. The van der Waals surface area contributed by atoms with Crippen LogP contribution in [0.2, 0.25) is 0 Å². The van der Waals surface area contributed by atoms with Crippen molar-refractivity contribution in [3.8, 4) is 0 Å². The van der Waals surface area contributed by atoms with E-state index in [1.165, 1.54) is 38.3 Å². The van der Waals surface area contributed by atoms with Gasteiger partial charge in [-0.25, -0.2) is 0 Å². The predicted octanol–water partition coefficient (Wildman–Crippen LogP) is 2.96. The summed E-state index contributed by atoms with van der Waals surface area (Å²) in [4.78, 5) is 26.2. The fraction of sp³-hybridized carbons (Fsp3) is 0.750. The first kappa shape index (κ1) is 17.4. The third kappa shape index (κ3) is 4.77. The Morgan fingerprint density at radius 1 is 1.52 bits per heavy atom.